The summed E-state index contributed by atoms with van der Waals surface area (Å²) < 4.78 is 0. The molecule has 0 heterocycles. The molecule has 0 aromatic rings. The first-order valence-corrected chi connectivity index (χ1v) is 2.92. The summed E-state index contributed by atoms with van der Waals surface area (Å²) in [4.78, 5) is 18.7. The second-order valence-corrected chi connectivity index (χ2v) is 2.83. The van der Waals surface area contributed by atoms with Gasteiger partial charge in [0.1, 0.15) is 6.61 Å². The SMILES string of the molecule is CC(C)(C)OOCC(=O)[O-]. The minimum atomic E-state index is -1.29. The van der Waals surface area contributed by atoms with Gasteiger partial charge in [0.05, 0.1) is 11.6 Å². The number of carbonyl (C=O) groups excluding carboxylic acids is 1. The molecule has 0 radical (unpaired) electrons. The summed E-state index contributed by atoms with van der Waals surface area (Å²) in [5, 5.41) is 9.77. The predicted molar refractivity (Wildman–Crippen MR) is 31.8 cm³/mol. The molecular formula is C6H11O4-. The maximum Gasteiger partial charge on any atom is 0.122 e. The standard InChI is InChI=1S/C6H12O4/c1-6(2,3)10-9-4-5(7)8/h4H2,1-3H3,(H,7,8)/p-1. The zero-order valence-corrected chi connectivity index (χ0v) is 6.34. The fraction of sp³-hybridized carbons (Fsp3) is 0.833. The lowest BCUT2D eigenvalue weighted by Crippen LogP contribution is -2.30. The Morgan fingerprint density at radius 2 is 2.00 bits per heavy atom. The molecule has 0 N–H and O–H groups in total. The summed E-state index contributed by atoms with van der Waals surface area (Å²) in [7, 11) is 0. The van der Waals surface area contributed by atoms with Crippen LogP contribution in [0.4, 0.5) is 0 Å². The average Bonchev–Trinajstić information content (AvgIpc) is 1.59. The van der Waals surface area contributed by atoms with E-state index in [-0.39, 0.29) is 0 Å². The van der Waals surface area contributed by atoms with Crippen LogP contribution >= 0.6 is 0 Å². The van der Waals surface area contributed by atoms with E-state index in [2.05, 4.69) is 9.78 Å². The van der Waals surface area contributed by atoms with Crippen molar-refractivity contribution in [3.63, 3.8) is 0 Å². The molecule has 0 aliphatic rings. The van der Waals surface area contributed by atoms with Crippen LogP contribution < -0.4 is 5.11 Å². The van der Waals surface area contributed by atoms with Crippen LogP contribution in [0.15, 0.2) is 0 Å². The van der Waals surface area contributed by atoms with Crippen LogP contribution in [0.25, 0.3) is 0 Å². The maximum absolute atomic E-state index is 9.77. The molecule has 0 saturated heterocycles. The number of aliphatic carboxylic acids is 1. The van der Waals surface area contributed by atoms with Gasteiger partial charge in [-0.15, -0.1) is 0 Å². The minimum Gasteiger partial charge on any atom is -0.547 e. The minimum absolute atomic E-state index is 0.477. The molecule has 4 nitrogen and oxygen atoms in total. The van der Waals surface area contributed by atoms with Crippen molar-refractivity contribution in [3.05, 3.63) is 0 Å². The molecular weight excluding hydrogens is 136 g/mol. The monoisotopic (exact) mass is 147 g/mol. The third-order valence-electron chi connectivity index (χ3n) is 0.486. The van der Waals surface area contributed by atoms with E-state index in [9.17, 15) is 9.90 Å². The second kappa shape index (κ2) is 3.53. The molecule has 0 spiro atoms. The van der Waals surface area contributed by atoms with Gasteiger partial charge < -0.3 is 9.90 Å². The van der Waals surface area contributed by atoms with Gasteiger partial charge in [-0.2, -0.15) is 0 Å². The van der Waals surface area contributed by atoms with E-state index in [0.717, 1.165) is 0 Å². The summed E-state index contributed by atoms with van der Waals surface area (Å²) in [6.07, 6.45) is 0. The molecule has 0 aliphatic carbocycles. The molecule has 60 valence electrons. The van der Waals surface area contributed by atoms with Crippen LogP contribution in [0.5, 0.6) is 0 Å². The van der Waals surface area contributed by atoms with Crippen LogP contribution in [0, 0.1) is 0 Å². The Bertz CT molecular complexity index is 113. The number of hydrogen-bond donors (Lipinski definition) is 0. The van der Waals surface area contributed by atoms with Crippen molar-refractivity contribution in [3.8, 4) is 0 Å². The molecule has 0 amide bonds. The Balaban J connectivity index is 3.29. The fourth-order valence-corrected chi connectivity index (χ4v) is 0.254. The van der Waals surface area contributed by atoms with Gasteiger partial charge in [0.2, 0.25) is 0 Å². The molecule has 0 rings (SSSR count). The van der Waals surface area contributed by atoms with Crippen LogP contribution in [0.1, 0.15) is 20.8 Å². The van der Waals surface area contributed by atoms with Gasteiger partial charge in [-0.3, -0.25) is 0 Å². The Morgan fingerprint density at radius 3 is 2.30 bits per heavy atom. The topological polar surface area (TPSA) is 58.6 Å². The lowest BCUT2D eigenvalue weighted by Gasteiger charge is -2.17. The zero-order chi connectivity index (χ0) is 8.20. The van der Waals surface area contributed by atoms with Gasteiger partial charge in [-0.25, -0.2) is 9.78 Å². The number of carboxylic acid groups (broad SMARTS) is 1. The number of rotatable bonds is 3. The maximum atomic E-state index is 9.77. The van der Waals surface area contributed by atoms with Gasteiger partial charge in [0.15, 0.2) is 0 Å². The smallest absolute Gasteiger partial charge is 0.122 e. The van der Waals surface area contributed by atoms with E-state index in [1.807, 2.05) is 0 Å². The van der Waals surface area contributed by atoms with E-state index in [4.69, 9.17) is 0 Å². The van der Waals surface area contributed by atoms with Crippen molar-refractivity contribution >= 4 is 5.97 Å². The summed E-state index contributed by atoms with van der Waals surface area (Å²) in [6, 6.07) is 0. The summed E-state index contributed by atoms with van der Waals surface area (Å²) in [5.41, 5.74) is -0.477. The fourth-order valence-electron chi connectivity index (χ4n) is 0.254. The Hall–Kier alpha value is -0.610. The normalized spacial score (nSPS) is 11.5. The molecule has 0 aromatic carbocycles. The first-order valence-electron chi connectivity index (χ1n) is 2.92. The molecule has 0 aliphatic heterocycles. The van der Waals surface area contributed by atoms with Crippen molar-refractivity contribution in [2.24, 2.45) is 0 Å². The quantitative estimate of drug-likeness (QED) is 0.398. The molecule has 4 heteroatoms. The van der Waals surface area contributed by atoms with Gasteiger partial charge in [-0.05, 0) is 20.8 Å². The van der Waals surface area contributed by atoms with E-state index >= 15 is 0 Å². The van der Waals surface area contributed by atoms with Crippen molar-refractivity contribution in [2.75, 3.05) is 6.61 Å². The Kier molecular flexibility index (Phi) is 3.32. The third-order valence-corrected chi connectivity index (χ3v) is 0.486. The highest BCUT2D eigenvalue weighted by molar-refractivity contribution is 5.65. The van der Waals surface area contributed by atoms with Gasteiger partial charge in [0.25, 0.3) is 0 Å². The molecule has 0 fully saturated rings. The molecule has 0 atom stereocenters. The zero-order valence-electron chi connectivity index (χ0n) is 6.34. The average molecular weight is 147 g/mol. The van der Waals surface area contributed by atoms with Gasteiger partial charge >= 0.3 is 0 Å². The number of hydrogen-bond acceptors (Lipinski definition) is 4. The molecule has 0 bridgehead atoms. The molecule has 10 heavy (non-hydrogen) atoms. The highest BCUT2D eigenvalue weighted by atomic mass is 17.2. The van der Waals surface area contributed by atoms with Crippen molar-refractivity contribution in [2.45, 2.75) is 26.4 Å². The summed E-state index contributed by atoms with van der Waals surface area (Å²) in [6.45, 7) is 4.73. The van der Waals surface area contributed by atoms with Crippen LogP contribution in [-0.4, -0.2) is 18.2 Å². The van der Waals surface area contributed by atoms with Crippen LogP contribution in [0.3, 0.4) is 0 Å². The summed E-state index contributed by atoms with van der Waals surface area (Å²) in [5.74, 6) is -1.29. The highest BCUT2D eigenvalue weighted by Gasteiger charge is 2.10. The number of carbonyl (C=O) groups is 1. The van der Waals surface area contributed by atoms with Crippen molar-refractivity contribution in [1.82, 2.24) is 0 Å². The van der Waals surface area contributed by atoms with E-state index in [1.165, 1.54) is 0 Å². The van der Waals surface area contributed by atoms with Crippen molar-refractivity contribution in [1.29, 1.82) is 0 Å². The first-order chi connectivity index (χ1) is 4.42. The van der Waals surface area contributed by atoms with Crippen LogP contribution in [-0.2, 0) is 14.6 Å². The van der Waals surface area contributed by atoms with E-state index in [0.29, 0.717) is 0 Å². The summed E-state index contributed by atoms with van der Waals surface area (Å²) >= 11 is 0. The predicted octanol–water partition coefficient (Wildman–Crippen LogP) is -0.517. The van der Waals surface area contributed by atoms with Crippen molar-refractivity contribution < 1.29 is 19.7 Å². The largest absolute Gasteiger partial charge is 0.547 e. The van der Waals surface area contributed by atoms with E-state index < -0.39 is 18.2 Å². The Labute approximate surface area is 59.7 Å². The second-order valence-electron chi connectivity index (χ2n) is 2.83. The van der Waals surface area contributed by atoms with E-state index in [1.54, 1.807) is 20.8 Å². The van der Waals surface area contributed by atoms with Gasteiger partial charge in [0, 0.05) is 0 Å². The number of carboxylic acids is 1. The van der Waals surface area contributed by atoms with Gasteiger partial charge in [-0.1, -0.05) is 0 Å². The Morgan fingerprint density at radius 1 is 1.50 bits per heavy atom. The highest BCUT2D eigenvalue weighted by Crippen LogP contribution is 2.05. The lowest BCUT2D eigenvalue weighted by molar-refractivity contribution is -0.369. The molecule has 0 aromatic heterocycles. The third kappa shape index (κ3) is 7.39. The first kappa shape index (κ1) is 9.39. The van der Waals surface area contributed by atoms with Crippen LogP contribution in [0.2, 0.25) is 0 Å². The molecule has 0 saturated carbocycles. The molecule has 0 unspecified atom stereocenters. The lowest BCUT2D eigenvalue weighted by atomic mass is 10.2.